The van der Waals surface area contributed by atoms with Gasteiger partial charge >= 0.3 is 0 Å². The third-order valence-electron chi connectivity index (χ3n) is 4.62. The van der Waals surface area contributed by atoms with Crippen molar-refractivity contribution in [3.8, 4) is 11.7 Å². The van der Waals surface area contributed by atoms with Crippen molar-refractivity contribution in [3.63, 3.8) is 0 Å². The van der Waals surface area contributed by atoms with Crippen molar-refractivity contribution in [2.24, 2.45) is 12.0 Å². The quantitative estimate of drug-likeness (QED) is 0.320. The van der Waals surface area contributed by atoms with Crippen LogP contribution in [0, 0.1) is 0 Å². The van der Waals surface area contributed by atoms with Crippen LogP contribution in [0.2, 0.25) is 0 Å². The van der Waals surface area contributed by atoms with Crippen molar-refractivity contribution in [3.05, 3.63) is 71.6 Å². The minimum atomic E-state index is -0.803. The lowest BCUT2D eigenvalue weighted by molar-refractivity contribution is -0.741. The summed E-state index contributed by atoms with van der Waals surface area (Å²) < 4.78 is 10.8. The minimum Gasteiger partial charge on any atom is -0.539 e. The maximum Gasteiger partial charge on any atom is 0.300 e. The smallest absolute Gasteiger partial charge is 0.300 e. The monoisotopic (exact) mass is 450 g/mol. The Morgan fingerprint density at radius 3 is 2.56 bits per heavy atom. The number of rotatable bonds is 6. The highest BCUT2D eigenvalue weighted by molar-refractivity contribution is 8.14. The molecular weight excluding hydrogens is 432 g/mol. The number of thioether (sulfide) groups is 1. The normalized spacial score (nSPS) is 14.7. The molecule has 2 heterocycles. The van der Waals surface area contributed by atoms with E-state index in [1.54, 1.807) is 37.5 Å². The zero-order chi connectivity index (χ0) is 22.7. The summed E-state index contributed by atoms with van der Waals surface area (Å²) in [5, 5.41) is 15.5. The van der Waals surface area contributed by atoms with Crippen LogP contribution in [-0.2, 0) is 11.8 Å². The third-order valence-corrected chi connectivity index (χ3v) is 5.56. The van der Waals surface area contributed by atoms with Crippen LogP contribution >= 0.6 is 11.8 Å². The summed E-state index contributed by atoms with van der Waals surface area (Å²) >= 11 is 1.06. The summed E-state index contributed by atoms with van der Waals surface area (Å²) in [4.78, 5) is 31.6. The number of amides is 1. The van der Waals surface area contributed by atoms with E-state index in [2.05, 4.69) is 14.8 Å². The number of hydrogen-bond acceptors (Lipinski definition) is 8. The fourth-order valence-corrected chi connectivity index (χ4v) is 3.94. The molecule has 0 atom stereocenters. The van der Waals surface area contributed by atoms with Gasteiger partial charge in [-0.2, -0.15) is 0 Å². The lowest BCUT2D eigenvalue weighted by Crippen LogP contribution is -2.38. The summed E-state index contributed by atoms with van der Waals surface area (Å²) in [5.41, 5.74) is 1.46. The van der Waals surface area contributed by atoms with Crippen LogP contribution in [0.1, 0.15) is 16.1 Å². The van der Waals surface area contributed by atoms with E-state index >= 15 is 0 Å². The number of anilines is 1. The first-order valence-electron chi connectivity index (χ1n) is 9.51. The van der Waals surface area contributed by atoms with Gasteiger partial charge in [0.15, 0.2) is 18.2 Å². The molecule has 0 fully saturated rings. The lowest BCUT2D eigenvalue weighted by Gasteiger charge is -2.17. The SMILES string of the molecule is COc1ccc(/C=C2/N=C(SCC(=O)c3c([O-])on[n+]3C)N(c3ccccc3)C2=O)cc1. The van der Waals surface area contributed by atoms with Gasteiger partial charge in [-0.3, -0.25) is 14.5 Å². The van der Waals surface area contributed by atoms with E-state index in [4.69, 9.17) is 4.74 Å². The topological polar surface area (TPSA) is 112 Å². The molecule has 0 saturated carbocycles. The Hall–Kier alpha value is -3.92. The van der Waals surface area contributed by atoms with Crippen LogP contribution in [0.3, 0.4) is 0 Å². The molecule has 1 aromatic heterocycles. The average Bonchev–Trinajstić information content (AvgIpc) is 3.31. The number of amidine groups is 1. The van der Waals surface area contributed by atoms with Gasteiger partial charge in [-0.05, 0) is 35.9 Å². The number of methoxy groups -OCH3 is 1. The fraction of sp³-hybridized carbons (Fsp3) is 0.136. The van der Waals surface area contributed by atoms with E-state index in [0.29, 0.717) is 16.6 Å². The van der Waals surface area contributed by atoms with E-state index in [9.17, 15) is 14.7 Å². The predicted octanol–water partition coefficient (Wildman–Crippen LogP) is 1.94. The first-order chi connectivity index (χ1) is 15.5. The Morgan fingerprint density at radius 2 is 1.94 bits per heavy atom. The van der Waals surface area contributed by atoms with E-state index in [1.165, 1.54) is 11.9 Å². The van der Waals surface area contributed by atoms with Crippen molar-refractivity contribution in [2.75, 3.05) is 17.8 Å². The predicted molar refractivity (Wildman–Crippen MR) is 116 cm³/mol. The lowest BCUT2D eigenvalue weighted by atomic mass is 10.2. The number of Topliss-reactive ketones (excluding diaryl/α,β-unsaturated/α-hetero) is 1. The van der Waals surface area contributed by atoms with Gasteiger partial charge in [-0.1, -0.05) is 46.8 Å². The molecule has 10 heteroatoms. The zero-order valence-electron chi connectivity index (χ0n) is 17.2. The van der Waals surface area contributed by atoms with Crippen LogP contribution in [-0.4, -0.2) is 35.0 Å². The Kier molecular flexibility index (Phi) is 6.04. The maximum absolute atomic E-state index is 13.2. The Bertz CT molecular complexity index is 1200. The highest BCUT2D eigenvalue weighted by Crippen LogP contribution is 2.30. The highest BCUT2D eigenvalue weighted by atomic mass is 32.2. The Labute approximate surface area is 187 Å². The van der Waals surface area contributed by atoms with Crippen LogP contribution in [0.4, 0.5) is 5.69 Å². The van der Waals surface area contributed by atoms with Crippen LogP contribution in [0.15, 0.2) is 69.8 Å². The number of hydrogen-bond donors (Lipinski definition) is 0. The van der Waals surface area contributed by atoms with Crippen molar-refractivity contribution in [2.45, 2.75) is 0 Å². The molecule has 0 radical (unpaired) electrons. The minimum absolute atomic E-state index is 0.116. The van der Waals surface area contributed by atoms with E-state index < -0.39 is 11.7 Å². The molecule has 0 aliphatic carbocycles. The summed E-state index contributed by atoms with van der Waals surface area (Å²) in [6.07, 6.45) is 1.67. The molecular formula is C22H18N4O5S. The van der Waals surface area contributed by atoms with E-state index in [0.717, 1.165) is 22.0 Å². The molecule has 2 aromatic carbocycles. The third kappa shape index (κ3) is 4.26. The van der Waals surface area contributed by atoms with E-state index in [1.807, 2.05) is 30.3 Å². The summed E-state index contributed by atoms with van der Waals surface area (Å²) in [6.45, 7) is 0. The Morgan fingerprint density at radius 1 is 1.22 bits per heavy atom. The van der Waals surface area contributed by atoms with Gasteiger partial charge in [-0.15, -0.1) is 0 Å². The van der Waals surface area contributed by atoms with Crippen molar-refractivity contribution in [1.82, 2.24) is 5.27 Å². The number of carbonyl (C=O) groups is 2. The van der Waals surface area contributed by atoms with E-state index in [-0.39, 0.29) is 23.1 Å². The first kappa shape index (κ1) is 21.3. The number of aryl methyl sites for hydroxylation is 1. The number of benzene rings is 2. The summed E-state index contributed by atoms with van der Waals surface area (Å²) in [7, 11) is 3.03. The van der Waals surface area contributed by atoms with Crippen LogP contribution in [0.25, 0.3) is 6.08 Å². The maximum atomic E-state index is 13.2. The highest BCUT2D eigenvalue weighted by Gasteiger charge is 2.33. The van der Waals surface area contributed by atoms with Gasteiger partial charge in [-0.25, -0.2) is 4.99 Å². The second-order valence-electron chi connectivity index (χ2n) is 6.72. The zero-order valence-corrected chi connectivity index (χ0v) is 18.0. The van der Waals surface area contributed by atoms with Gasteiger partial charge < -0.3 is 14.4 Å². The number of ether oxygens (including phenoxy) is 1. The molecule has 0 bridgehead atoms. The first-order valence-corrected chi connectivity index (χ1v) is 10.5. The van der Waals surface area contributed by atoms with Gasteiger partial charge in [0, 0.05) is 0 Å². The van der Waals surface area contributed by atoms with Gasteiger partial charge in [0.25, 0.3) is 11.6 Å². The molecule has 1 amide bonds. The second-order valence-corrected chi connectivity index (χ2v) is 7.66. The van der Waals surface area contributed by atoms with Crippen molar-refractivity contribution in [1.29, 1.82) is 0 Å². The van der Waals surface area contributed by atoms with Crippen LogP contribution < -0.4 is 19.4 Å². The number of aliphatic imine (C=N–C) groups is 1. The summed E-state index contributed by atoms with van der Waals surface area (Å²) in [5.74, 6) is -1.01. The number of aromatic nitrogens is 2. The Balaban J connectivity index is 1.62. The molecule has 4 rings (SSSR count). The van der Waals surface area contributed by atoms with Gasteiger partial charge in [0.05, 0.1) is 23.8 Å². The fourth-order valence-electron chi connectivity index (χ4n) is 3.06. The number of para-hydroxylation sites is 1. The molecule has 3 aromatic rings. The number of nitrogens with zero attached hydrogens (tertiary/aromatic N) is 4. The standard InChI is InChI=1S/C22H18N4O5S/c1-25-19(21(29)31-24-25)18(27)13-32-22-23-17(12-14-8-10-16(30-2)11-9-14)20(28)26(22)15-6-4-3-5-7-15/h3-12H,13H2,1-2H3/b17-12+. The molecule has 32 heavy (non-hydrogen) atoms. The molecule has 162 valence electrons. The number of carbonyl (C=O) groups excluding carboxylic acids is 2. The van der Waals surface area contributed by atoms with Crippen LogP contribution in [0.5, 0.6) is 11.7 Å². The number of ketones is 1. The molecule has 1 aliphatic heterocycles. The largest absolute Gasteiger partial charge is 0.539 e. The van der Waals surface area contributed by atoms with Crippen molar-refractivity contribution >= 4 is 40.4 Å². The second kappa shape index (κ2) is 9.06. The molecule has 9 nitrogen and oxygen atoms in total. The van der Waals surface area contributed by atoms with Gasteiger partial charge in [0.2, 0.25) is 5.78 Å². The molecule has 0 spiro atoms. The summed E-state index contributed by atoms with van der Waals surface area (Å²) in [6, 6.07) is 16.2. The van der Waals surface area contributed by atoms with Crippen molar-refractivity contribution < 1.29 is 28.6 Å². The molecule has 0 saturated heterocycles. The van der Waals surface area contributed by atoms with Gasteiger partial charge in [0.1, 0.15) is 11.4 Å². The molecule has 1 aliphatic rings. The molecule has 0 N–H and O–H groups in total. The average molecular weight is 450 g/mol. The molecule has 0 unspecified atom stereocenters.